The van der Waals surface area contributed by atoms with Crippen molar-refractivity contribution < 1.29 is 14.7 Å². The average Bonchev–Trinajstić information content (AvgIpc) is 2.45. The first-order valence-corrected chi connectivity index (χ1v) is 6.02. The number of primary amides is 1. The fraction of sp³-hybridized carbons (Fsp3) is 0.0667. The predicted molar refractivity (Wildman–Crippen MR) is 75.7 cm³/mol. The summed E-state index contributed by atoms with van der Waals surface area (Å²) in [6.45, 7) is 0.476. The molecule has 0 heterocycles. The average molecular weight is 270 g/mol. The summed E-state index contributed by atoms with van der Waals surface area (Å²) in [6, 6.07) is 13.5. The van der Waals surface area contributed by atoms with Gasteiger partial charge in [-0.25, -0.2) is 4.79 Å². The Hall–Kier alpha value is -2.82. The van der Waals surface area contributed by atoms with E-state index in [1.165, 1.54) is 6.07 Å². The molecule has 5 heteroatoms. The number of nitrogens with one attached hydrogen (secondary N) is 1. The summed E-state index contributed by atoms with van der Waals surface area (Å²) in [7, 11) is 0. The summed E-state index contributed by atoms with van der Waals surface area (Å²) in [5, 5.41) is 12.0. The lowest BCUT2D eigenvalue weighted by Crippen LogP contribution is -2.11. The maximum Gasteiger partial charge on any atom is 0.335 e. The van der Waals surface area contributed by atoms with Crippen LogP contribution in [0.3, 0.4) is 0 Å². The van der Waals surface area contributed by atoms with Gasteiger partial charge >= 0.3 is 5.97 Å². The number of aromatic carboxylic acids is 1. The topological polar surface area (TPSA) is 92.4 Å². The number of carboxylic acid groups (broad SMARTS) is 1. The third-order valence-electron chi connectivity index (χ3n) is 2.82. The normalized spacial score (nSPS) is 10.0. The van der Waals surface area contributed by atoms with Crippen molar-refractivity contribution in [1.82, 2.24) is 0 Å². The lowest BCUT2D eigenvalue weighted by molar-refractivity contribution is 0.0696. The van der Waals surface area contributed by atoms with Gasteiger partial charge in [0.1, 0.15) is 0 Å². The maximum absolute atomic E-state index is 11.1. The monoisotopic (exact) mass is 270 g/mol. The van der Waals surface area contributed by atoms with Crippen molar-refractivity contribution in [3.05, 3.63) is 65.2 Å². The van der Waals surface area contributed by atoms with Crippen LogP contribution in [0.5, 0.6) is 0 Å². The quantitative estimate of drug-likeness (QED) is 0.775. The molecule has 0 aromatic heterocycles. The van der Waals surface area contributed by atoms with E-state index in [0.29, 0.717) is 17.8 Å². The Labute approximate surface area is 116 Å². The lowest BCUT2D eigenvalue weighted by atomic mass is 10.1. The zero-order chi connectivity index (χ0) is 14.5. The van der Waals surface area contributed by atoms with Crippen LogP contribution in [0.4, 0.5) is 5.69 Å². The van der Waals surface area contributed by atoms with E-state index in [4.69, 9.17) is 10.8 Å². The Bertz CT molecular complexity index is 596. The van der Waals surface area contributed by atoms with Gasteiger partial charge in [-0.05, 0) is 35.9 Å². The van der Waals surface area contributed by atoms with E-state index in [9.17, 15) is 9.59 Å². The van der Waals surface area contributed by atoms with Crippen LogP contribution in [-0.2, 0) is 6.54 Å². The van der Waals surface area contributed by atoms with Crippen LogP contribution < -0.4 is 11.1 Å². The van der Waals surface area contributed by atoms with Gasteiger partial charge in [-0.3, -0.25) is 4.79 Å². The van der Waals surface area contributed by atoms with Crippen molar-refractivity contribution in [1.29, 1.82) is 0 Å². The summed E-state index contributed by atoms with van der Waals surface area (Å²) in [4.78, 5) is 22.0. The van der Waals surface area contributed by atoms with Gasteiger partial charge in [0.2, 0.25) is 5.91 Å². The smallest absolute Gasteiger partial charge is 0.335 e. The first-order chi connectivity index (χ1) is 9.56. The molecule has 0 spiro atoms. The maximum atomic E-state index is 11.1. The van der Waals surface area contributed by atoms with Crippen molar-refractivity contribution in [3.8, 4) is 0 Å². The number of nitrogens with two attached hydrogens (primary N) is 1. The summed E-state index contributed by atoms with van der Waals surface area (Å²) >= 11 is 0. The molecule has 0 saturated heterocycles. The van der Waals surface area contributed by atoms with Crippen LogP contribution >= 0.6 is 0 Å². The third-order valence-corrected chi connectivity index (χ3v) is 2.82. The number of carbonyl (C=O) groups excluding carboxylic acids is 1. The second-order valence-electron chi connectivity index (χ2n) is 4.30. The number of benzene rings is 2. The Morgan fingerprint density at radius 1 is 1.05 bits per heavy atom. The molecule has 0 atom stereocenters. The van der Waals surface area contributed by atoms with E-state index in [1.807, 2.05) is 6.07 Å². The molecule has 0 unspecified atom stereocenters. The molecule has 0 bridgehead atoms. The molecule has 2 rings (SSSR count). The van der Waals surface area contributed by atoms with E-state index in [1.54, 1.807) is 36.4 Å². The van der Waals surface area contributed by atoms with E-state index in [-0.39, 0.29) is 5.56 Å². The largest absolute Gasteiger partial charge is 0.478 e. The number of rotatable bonds is 5. The molecule has 5 nitrogen and oxygen atoms in total. The standard InChI is InChI=1S/C15H14N2O3/c16-14(18)11-4-1-3-10(7-11)9-17-13-6-2-5-12(8-13)15(19)20/h1-8,17H,9H2,(H2,16,18)(H,19,20). The molecule has 20 heavy (non-hydrogen) atoms. The third kappa shape index (κ3) is 3.35. The molecule has 0 radical (unpaired) electrons. The van der Waals surface area contributed by atoms with Crippen LogP contribution in [0, 0.1) is 0 Å². The highest BCUT2D eigenvalue weighted by atomic mass is 16.4. The summed E-state index contributed by atoms with van der Waals surface area (Å²) in [5.41, 5.74) is 7.48. The summed E-state index contributed by atoms with van der Waals surface area (Å²) in [5.74, 6) is -1.44. The molecule has 0 saturated carbocycles. The Morgan fingerprint density at radius 2 is 1.75 bits per heavy atom. The van der Waals surface area contributed by atoms with Gasteiger partial charge < -0.3 is 16.2 Å². The van der Waals surface area contributed by atoms with Crippen LogP contribution in [0.15, 0.2) is 48.5 Å². The van der Waals surface area contributed by atoms with E-state index < -0.39 is 11.9 Å². The second kappa shape index (κ2) is 5.88. The van der Waals surface area contributed by atoms with Gasteiger partial charge in [0.25, 0.3) is 0 Å². The number of anilines is 1. The second-order valence-corrected chi connectivity index (χ2v) is 4.30. The van der Waals surface area contributed by atoms with Gasteiger partial charge in [-0.15, -0.1) is 0 Å². The van der Waals surface area contributed by atoms with Crippen LogP contribution in [0.2, 0.25) is 0 Å². The van der Waals surface area contributed by atoms with Crippen LogP contribution in [0.1, 0.15) is 26.3 Å². The fourth-order valence-corrected chi connectivity index (χ4v) is 1.80. The van der Waals surface area contributed by atoms with Crippen molar-refractivity contribution in [2.75, 3.05) is 5.32 Å². The van der Waals surface area contributed by atoms with Crippen molar-refractivity contribution >= 4 is 17.6 Å². The molecular weight excluding hydrogens is 256 g/mol. The first-order valence-electron chi connectivity index (χ1n) is 6.02. The van der Waals surface area contributed by atoms with E-state index in [2.05, 4.69) is 5.32 Å². The van der Waals surface area contributed by atoms with Gasteiger partial charge in [-0.2, -0.15) is 0 Å². The minimum absolute atomic E-state index is 0.223. The minimum atomic E-state index is -0.968. The predicted octanol–water partition coefficient (Wildman–Crippen LogP) is 2.10. The zero-order valence-electron chi connectivity index (χ0n) is 10.7. The molecule has 0 aliphatic rings. The molecule has 4 N–H and O–H groups in total. The van der Waals surface area contributed by atoms with Crippen LogP contribution in [0.25, 0.3) is 0 Å². The zero-order valence-corrected chi connectivity index (χ0v) is 10.7. The summed E-state index contributed by atoms with van der Waals surface area (Å²) in [6.07, 6.45) is 0. The molecule has 0 aliphatic carbocycles. The minimum Gasteiger partial charge on any atom is -0.478 e. The summed E-state index contributed by atoms with van der Waals surface area (Å²) < 4.78 is 0. The number of carbonyl (C=O) groups is 2. The molecule has 0 fully saturated rings. The number of hydrogen-bond donors (Lipinski definition) is 3. The highest BCUT2D eigenvalue weighted by Crippen LogP contribution is 2.13. The van der Waals surface area contributed by atoms with Gasteiger partial charge in [0.15, 0.2) is 0 Å². The SMILES string of the molecule is NC(=O)c1cccc(CNc2cccc(C(=O)O)c2)c1. The number of amides is 1. The first kappa shape index (κ1) is 13.6. The Kier molecular flexibility index (Phi) is 4.00. The van der Waals surface area contributed by atoms with Gasteiger partial charge in [0.05, 0.1) is 5.56 Å². The lowest BCUT2D eigenvalue weighted by Gasteiger charge is -2.08. The van der Waals surface area contributed by atoms with Crippen molar-refractivity contribution in [2.24, 2.45) is 5.73 Å². The van der Waals surface area contributed by atoms with E-state index in [0.717, 1.165) is 5.56 Å². The molecule has 2 aromatic rings. The molecule has 0 aliphatic heterocycles. The fourth-order valence-electron chi connectivity index (χ4n) is 1.80. The van der Waals surface area contributed by atoms with Crippen LogP contribution in [-0.4, -0.2) is 17.0 Å². The Morgan fingerprint density at radius 3 is 2.45 bits per heavy atom. The van der Waals surface area contributed by atoms with E-state index >= 15 is 0 Å². The molecule has 102 valence electrons. The van der Waals surface area contributed by atoms with Crippen molar-refractivity contribution in [3.63, 3.8) is 0 Å². The highest BCUT2D eigenvalue weighted by molar-refractivity contribution is 5.92. The van der Waals surface area contributed by atoms with Gasteiger partial charge in [0, 0.05) is 17.8 Å². The highest BCUT2D eigenvalue weighted by Gasteiger charge is 2.04. The number of carboxylic acids is 1. The molecule has 1 amide bonds. The van der Waals surface area contributed by atoms with Crippen molar-refractivity contribution in [2.45, 2.75) is 6.54 Å². The molecule has 2 aromatic carbocycles. The molecular formula is C15H14N2O3. The number of hydrogen-bond acceptors (Lipinski definition) is 3. The van der Waals surface area contributed by atoms with Gasteiger partial charge in [-0.1, -0.05) is 18.2 Å². The Balaban J connectivity index is 2.08.